The third kappa shape index (κ3) is 3.29. The van der Waals surface area contributed by atoms with Crippen molar-refractivity contribution in [3.8, 4) is 5.88 Å². The molecule has 0 saturated carbocycles. The van der Waals surface area contributed by atoms with Gasteiger partial charge in [-0.15, -0.1) is 0 Å². The standard InChI is InChI=1S/C21H16FN3O3/c22-15-6-7-16-14(12-23-18(16)11-15)10-17-19(26)24-21(28)25(20(17)27)9-8-13-4-2-1-3-5-13/h1-7,10-12,27H,8-9H2,(H,24,26,28)/b14-10+. The van der Waals surface area contributed by atoms with E-state index in [-0.39, 0.29) is 12.1 Å². The third-order valence-corrected chi connectivity index (χ3v) is 4.59. The second-order valence-corrected chi connectivity index (χ2v) is 6.40. The molecule has 0 bridgehead atoms. The summed E-state index contributed by atoms with van der Waals surface area (Å²) in [6.07, 6.45) is 3.45. The maximum atomic E-state index is 13.3. The molecule has 1 aliphatic heterocycles. The van der Waals surface area contributed by atoms with Crippen LogP contribution in [0.2, 0.25) is 0 Å². The van der Waals surface area contributed by atoms with Gasteiger partial charge in [0.05, 0.1) is 5.69 Å². The zero-order valence-electron chi connectivity index (χ0n) is 14.7. The third-order valence-electron chi connectivity index (χ3n) is 4.59. The van der Waals surface area contributed by atoms with Crippen molar-refractivity contribution in [2.45, 2.75) is 13.0 Å². The van der Waals surface area contributed by atoms with E-state index < -0.39 is 22.9 Å². The second-order valence-electron chi connectivity index (χ2n) is 6.40. The molecule has 3 aromatic rings. The van der Waals surface area contributed by atoms with Gasteiger partial charge >= 0.3 is 5.69 Å². The van der Waals surface area contributed by atoms with E-state index in [2.05, 4.69) is 9.98 Å². The van der Waals surface area contributed by atoms with Crippen LogP contribution in [-0.2, 0) is 13.0 Å². The van der Waals surface area contributed by atoms with E-state index in [9.17, 15) is 19.1 Å². The van der Waals surface area contributed by atoms with Crippen molar-refractivity contribution in [3.63, 3.8) is 0 Å². The van der Waals surface area contributed by atoms with Crippen LogP contribution in [0.5, 0.6) is 5.88 Å². The lowest BCUT2D eigenvalue weighted by Crippen LogP contribution is -2.31. The summed E-state index contributed by atoms with van der Waals surface area (Å²) in [5, 5.41) is 10.6. The number of aryl methyl sites for hydroxylation is 1. The van der Waals surface area contributed by atoms with Gasteiger partial charge in [-0.25, -0.2) is 9.18 Å². The van der Waals surface area contributed by atoms with Gasteiger partial charge in [-0.3, -0.25) is 19.3 Å². The lowest BCUT2D eigenvalue weighted by Gasteiger charge is -2.10. The van der Waals surface area contributed by atoms with Gasteiger partial charge in [-0.1, -0.05) is 30.3 Å². The minimum Gasteiger partial charge on any atom is -0.494 e. The Labute approximate surface area is 159 Å². The number of rotatable bonds is 4. The minimum atomic E-state index is -0.699. The highest BCUT2D eigenvalue weighted by atomic mass is 19.1. The Morgan fingerprint density at radius 1 is 1.14 bits per heavy atom. The summed E-state index contributed by atoms with van der Waals surface area (Å²) in [5.74, 6) is -0.826. The smallest absolute Gasteiger partial charge is 0.331 e. The van der Waals surface area contributed by atoms with Crippen LogP contribution >= 0.6 is 0 Å². The maximum Gasteiger partial charge on any atom is 0.331 e. The first-order valence-corrected chi connectivity index (χ1v) is 8.68. The van der Waals surface area contributed by atoms with E-state index in [1.54, 1.807) is 6.07 Å². The molecule has 140 valence electrons. The van der Waals surface area contributed by atoms with E-state index in [0.29, 0.717) is 23.2 Å². The number of hydrogen-bond donors (Lipinski definition) is 2. The number of allylic oxidation sites excluding steroid dienone is 1. The number of nitrogens with zero attached hydrogens (tertiary/aromatic N) is 2. The van der Waals surface area contributed by atoms with Gasteiger partial charge in [0.2, 0.25) is 5.88 Å². The maximum absolute atomic E-state index is 13.3. The summed E-state index contributed by atoms with van der Waals surface area (Å²) < 4.78 is 14.5. The van der Waals surface area contributed by atoms with Crippen molar-refractivity contribution in [1.29, 1.82) is 0 Å². The largest absolute Gasteiger partial charge is 0.494 e. The Hall–Kier alpha value is -3.74. The van der Waals surface area contributed by atoms with Gasteiger partial charge in [0.15, 0.2) is 0 Å². The monoisotopic (exact) mass is 377 g/mol. The van der Waals surface area contributed by atoms with Crippen molar-refractivity contribution in [3.05, 3.63) is 91.9 Å². The lowest BCUT2D eigenvalue weighted by molar-refractivity contribution is 0.399. The normalized spacial score (nSPS) is 13.8. The molecule has 0 aliphatic carbocycles. The van der Waals surface area contributed by atoms with Crippen LogP contribution in [0.3, 0.4) is 0 Å². The number of aromatic hydroxyl groups is 1. The molecule has 2 aromatic carbocycles. The zero-order valence-corrected chi connectivity index (χ0v) is 14.7. The molecule has 6 nitrogen and oxygen atoms in total. The number of aliphatic imine (C=N–C) groups is 1. The summed E-state index contributed by atoms with van der Waals surface area (Å²) in [6, 6.07) is 13.7. The predicted molar refractivity (Wildman–Crippen MR) is 106 cm³/mol. The van der Waals surface area contributed by atoms with Gasteiger partial charge < -0.3 is 5.11 Å². The number of nitrogens with one attached hydrogen (secondary N) is 1. The molecule has 0 saturated heterocycles. The summed E-state index contributed by atoms with van der Waals surface area (Å²) in [5.41, 5.74) is 1.20. The fourth-order valence-electron chi connectivity index (χ4n) is 3.13. The first-order chi connectivity index (χ1) is 13.5. The topological polar surface area (TPSA) is 87.5 Å². The van der Waals surface area contributed by atoms with Crippen LogP contribution < -0.4 is 11.2 Å². The van der Waals surface area contributed by atoms with Crippen molar-refractivity contribution < 1.29 is 9.50 Å². The fraction of sp³-hybridized carbons (Fsp3) is 0.0952. The first kappa shape index (κ1) is 17.7. The lowest BCUT2D eigenvalue weighted by atomic mass is 10.0. The molecule has 1 aliphatic rings. The first-order valence-electron chi connectivity index (χ1n) is 8.68. The summed E-state index contributed by atoms with van der Waals surface area (Å²) in [6.45, 7) is 0.206. The van der Waals surface area contributed by atoms with Crippen LogP contribution in [0.25, 0.3) is 11.6 Å². The zero-order chi connectivity index (χ0) is 19.7. The van der Waals surface area contributed by atoms with Gasteiger partial charge in [0.1, 0.15) is 11.4 Å². The van der Waals surface area contributed by atoms with E-state index >= 15 is 0 Å². The number of H-pyrrole nitrogens is 1. The molecule has 0 fully saturated rings. The van der Waals surface area contributed by atoms with Gasteiger partial charge in [0, 0.05) is 30.0 Å². The molecule has 2 heterocycles. The molecule has 0 radical (unpaired) electrons. The van der Waals surface area contributed by atoms with Crippen LogP contribution in [0.4, 0.5) is 10.1 Å². The van der Waals surface area contributed by atoms with E-state index in [0.717, 1.165) is 10.1 Å². The second kappa shape index (κ2) is 7.11. The molecular weight excluding hydrogens is 361 g/mol. The van der Waals surface area contributed by atoms with Gasteiger partial charge in [-0.05, 0) is 30.2 Å². The van der Waals surface area contributed by atoms with Crippen LogP contribution in [0, 0.1) is 5.82 Å². The summed E-state index contributed by atoms with van der Waals surface area (Å²) in [7, 11) is 0. The summed E-state index contributed by atoms with van der Waals surface area (Å²) >= 11 is 0. The van der Waals surface area contributed by atoms with Crippen LogP contribution in [0.15, 0.2) is 63.1 Å². The molecule has 1 aromatic heterocycles. The average Bonchev–Trinajstić information content (AvgIpc) is 3.07. The number of aromatic amines is 1. The quantitative estimate of drug-likeness (QED) is 0.733. The van der Waals surface area contributed by atoms with E-state index in [1.807, 2.05) is 30.3 Å². The van der Waals surface area contributed by atoms with Gasteiger partial charge in [0.25, 0.3) is 5.56 Å². The molecule has 0 spiro atoms. The fourth-order valence-corrected chi connectivity index (χ4v) is 3.13. The molecule has 7 heteroatoms. The molecule has 4 rings (SSSR count). The average molecular weight is 377 g/mol. The Morgan fingerprint density at radius 3 is 2.71 bits per heavy atom. The van der Waals surface area contributed by atoms with Crippen molar-refractivity contribution in [2.75, 3.05) is 0 Å². The Kier molecular flexibility index (Phi) is 4.49. The highest BCUT2D eigenvalue weighted by molar-refractivity contribution is 6.21. The van der Waals surface area contributed by atoms with Crippen molar-refractivity contribution in [1.82, 2.24) is 9.55 Å². The van der Waals surface area contributed by atoms with Crippen molar-refractivity contribution >= 4 is 23.6 Å². The summed E-state index contributed by atoms with van der Waals surface area (Å²) in [4.78, 5) is 30.8. The van der Waals surface area contributed by atoms with Crippen molar-refractivity contribution in [2.24, 2.45) is 4.99 Å². The number of aromatic nitrogens is 2. The number of benzene rings is 2. The molecule has 0 atom stereocenters. The number of fused-ring (bicyclic) bond motifs is 1. The Morgan fingerprint density at radius 2 is 1.93 bits per heavy atom. The Balaban J connectivity index is 1.72. The van der Waals surface area contributed by atoms with Gasteiger partial charge in [-0.2, -0.15) is 0 Å². The number of hydrogen-bond acceptors (Lipinski definition) is 4. The molecule has 0 amide bonds. The molecule has 2 N–H and O–H groups in total. The van der Waals surface area contributed by atoms with Crippen LogP contribution in [0.1, 0.15) is 16.7 Å². The predicted octanol–water partition coefficient (Wildman–Crippen LogP) is 2.88. The van der Waals surface area contributed by atoms with E-state index in [1.165, 1.54) is 24.4 Å². The highest BCUT2D eigenvalue weighted by Crippen LogP contribution is 2.33. The highest BCUT2D eigenvalue weighted by Gasteiger charge is 2.17. The van der Waals surface area contributed by atoms with E-state index in [4.69, 9.17) is 0 Å². The minimum absolute atomic E-state index is 0.0497. The molecule has 28 heavy (non-hydrogen) atoms. The SMILES string of the molecule is O=c1[nH]c(=O)n(CCc2ccccc2)c(O)c1/C=C1\C=Nc2cc(F)ccc21. The van der Waals surface area contributed by atoms with Crippen LogP contribution in [-0.4, -0.2) is 20.9 Å². The Bertz CT molecular complexity index is 1220. The molecule has 0 unspecified atom stereocenters. The number of halogens is 1. The molecular formula is C21H16FN3O3.